The number of carbonyl (C=O) groups is 1. The first-order valence-corrected chi connectivity index (χ1v) is 8.43. The maximum absolute atomic E-state index is 12.4. The highest BCUT2D eigenvalue weighted by molar-refractivity contribution is 8.14. The van der Waals surface area contributed by atoms with E-state index in [4.69, 9.17) is 0 Å². The number of amides is 2. The molecule has 0 unspecified atom stereocenters. The molecule has 3 nitrogen and oxygen atoms in total. The third-order valence-electron chi connectivity index (χ3n) is 3.59. The van der Waals surface area contributed by atoms with E-state index in [-0.39, 0.29) is 16.5 Å². The summed E-state index contributed by atoms with van der Waals surface area (Å²) in [6.07, 6.45) is 1.02. The van der Waals surface area contributed by atoms with Gasteiger partial charge >= 0.3 is 6.03 Å². The van der Waals surface area contributed by atoms with Crippen LogP contribution in [0.1, 0.15) is 12.5 Å². The highest BCUT2D eigenvalue weighted by Gasteiger charge is 2.21. The number of hydrogen-bond donors (Lipinski definition) is 0. The molecule has 1 aromatic carbocycles. The Morgan fingerprint density at radius 2 is 1.89 bits per heavy atom. The van der Waals surface area contributed by atoms with E-state index in [0.717, 1.165) is 36.7 Å². The molecule has 19 heavy (non-hydrogen) atoms. The molecule has 0 N–H and O–H groups in total. The molecule has 1 heterocycles. The Morgan fingerprint density at radius 3 is 2.42 bits per heavy atom. The zero-order chi connectivity index (χ0) is 13.8. The van der Waals surface area contributed by atoms with Gasteiger partial charge in [-0.2, -0.15) is 10.5 Å². The Bertz CT molecular complexity index is 460. The molecule has 0 aliphatic carbocycles. The fraction of sp³-hybridized carbons (Fsp3) is 0.467. The summed E-state index contributed by atoms with van der Waals surface area (Å²) in [6, 6.07) is 8.31. The molecule has 2 amide bonds. The molecule has 0 spiro atoms. The largest absolute Gasteiger partial charge is 0.324 e. The summed E-state index contributed by atoms with van der Waals surface area (Å²) in [5.74, 6) is 6.16. The molecule has 0 saturated carbocycles. The van der Waals surface area contributed by atoms with Crippen LogP contribution >= 0.6 is 10.5 Å². The van der Waals surface area contributed by atoms with Crippen LogP contribution < -0.4 is 4.90 Å². The summed E-state index contributed by atoms with van der Waals surface area (Å²) < 4.78 is 0. The number of urea groups is 1. The van der Waals surface area contributed by atoms with Crippen LogP contribution in [0.3, 0.4) is 0 Å². The second kappa shape index (κ2) is 6.24. The molecule has 4 heteroatoms. The predicted molar refractivity (Wildman–Crippen MR) is 85.6 cm³/mol. The van der Waals surface area contributed by atoms with Crippen LogP contribution in [0.5, 0.6) is 0 Å². The van der Waals surface area contributed by atoms with Crippen molar-refractivity contribution < 1.29 is 4.79 Å². The molecule has 0 aromatic heterocycles. The van der Waals surface area contributed by atoms with Crippen LogP contribution in [0, 0.1) is 0 Å². The summed E-state index contributed by atoms with van der Waals surface area (Å²) in [4.78, 5) is 16.1. The Hall–Kier alpha value is -1.29. The van der Waals surface area contributed by atoms with E-state index in [2.05, 4.69) is 24.9 Å². The lowest BCUT2D eigenvalue weighted by molar-refractivity contribution is 0.211. The van der Waals surface area contributed by atoms with E-state index in [9.17, 15) is 4.79 Å². The van der Waals surface area contributed by atoms with Gasteiger partial charge < -0.3 is 4.90 Å². The van der Waals surface area contributed by atoms with Crippen molar-refractivity contribution in [3.63, 3.8) is 0 Å². The van der Waals surface area contributed by atoms with Crippen molar-refractivity contribution in [2.24, 2.45) is 0 Å². The zero-order valence-corrected chi connectivity index (χ0v) is 12.6. The highest BCUT2D eigenvalue weighted by atomic mass is 32.2. The lowest BCUT2D eigenvalue weighted by atomic mass is 10.1. The molecule has 2 rings (SSSR count). The van der Waals surface area contributed by atoms with Crippen LogP contribution in [-0.2, 0) is 6.42 Å². The Balaban J connectivity index is 2.03. The number of carbonyl (C=O) groups excluding carboxylic acids is 1. The Morgan fingerprint density at radius 1 is 1.32 bits per heavy atom. The van der Waals surface area contributed by atoms with Gasteiger partial charge in [-0.3, -0.25) is 4.90 Å². The number of hydrogen-bond acceptors (Lipinski definition) is 1. The summed E-state index contributed by atoms with van der Waals surface area (Å²) in [5, 5.41) is 0. The van der Waals surface area contributed by atoms with Gasteiger partial charge in [-0.25, -0.2) is 4.79 Å². The van der Waals surface area contributed by atoms with Gasteiger partial charge in [-0.05, 0) is 24.1 Å². The maximum atomic E-state index is 12.4. The molecule has 104 valence electrons. The first-order valence-electron chi connectivity index (χ1n) is 6.70. The molecule has 1 fully saturated rings. The van der Waals surface area contributed by atoms with Crippen molar-refractivity contribution in [1.29, 1.82) is 0 Å². The van der Waals surface area contributed by atoms with Crippen molar-refractivity contribution in [2.75, 3.05) is 36.5 Å². The van der Waals surface area contributed by atoms with E-state index in [1.807, 2.05) is 24.1 Å². The highest BCUT2D eigenvalue weighted by Crippen LogP contribution is 2.20. The van der Waals surface area contributed by atoms with E-state index in [0.29, 0.717) is 0 Å². The normalized spacial score (nSPS) is 16.4. The van der Waals surface area contributed by atoms with E-state index >= 15 is 0 Å². The lowest BCUT2D eigenvalue weighted by Crippen LogP contribution is -2.45. The molecular formula is C15H22N2OS. The average Bonchev–Trinajstić information content (AvgIpc) is 2.46. The minimum absolute atomic E-state index is 0.0981. The van der Waals surface area contributed by atoms with Crippen LogP contribution in [0.25, 0.3) is 0 Å². The minimum atomic E-state index is 0.0981. The number of anilines is 1. The smallest absolute Gasteiger partial charge is 0.323 e. The van der Waals surface area contributed by atoms with Gasteiger partial charge in [0.1, 0.15) is 0 Å². The number of benzene rings is 1. The average molecular weight is 278 g/mol. The zero-order valence-electron chi connectivity index (χ0n) is 11.8. The van der Waals surface area contributed by atoms with Gasteiger partial charge in [0.2, 0.25) is 0 Å². The lowest BCUT2D eigenvalue weighted by Gasteiger charge is -2.32. The molecule has 1 saturated heterocycles. The standard InChI is InChI=1S/C15H22N2OS/c1-4-13-5-7-14(8-6-13)16(2)15(18)17-9-11-19(3)12-10-17/h5-8H,3-4,9-12H2,1-2H3. The maximum Gasteiger partial charge on any atom is 0.324 e. The molecule has 1 aliphatic heterocycles. The van der Waals surface area contributed by atoms with Crippen molar-refractivity contribution in [2.45, 2.75) is 13.3 Å². The van der Waals surface area contributed by atoms with Crippen molar-refractivity contribution >= 4 is 28.1 Å². The topological polar surface area (TPSA) is 23.6 Å². The van der Waals surface area contributed by atoms with Gasteiger partial charge in [-0.15, -0.1) is 0 Å². The fourth-order valence-corrected chi connectivity index (χ4v) is 3.32. The Kier molecular flexibility index (Phi) is 4.64. The van der Waals surface area contributed by atoms with Gasteiger partial charge in [0.25, 0.3) is 0 Å². The second-order valence-corrected chi connectivity index (χ2v) is 6.91. The molecule has 0 atom stereocenters. The van der Waals surface area contributed by atoms with Crippen molar-refractivity contribution in [3.05, 3.63) is 29.8 Å². The molecule has 1 aromatic rings. The predicted octanol–water partition coefficient (Wildman–Crippen LogP) is 2.82. The van der Waals surface area contributed by atoms with Gasteiger partial charge in [-0.1, -0.05) is 24.9 Å². The van der Waals surface area contributed by atoms with Gasteiger partial charge in [0, 0.05) is 37.3 Å². The van der Waals surface area contributed by atoms with Crippen LogP contribution in [0.4, 0.5) is 10.5 Å². The summed E-state index contributed by atoms with van der Waals surface area (Å²) in [6.45, 7) is 3.80. The SMILES string of the molecule is C=S1CCN(C(=O)N(C)c2ccc(CC)cc2)CC1. The third-order valence-corrected chi connectivity index (χ3v) is 5.11. The van der Waals surface area contributed by atoms with E-state index < -0.39 is 0 Å². The van der Waals surface area contributed by atoms with Gasteiger partial charge in [0.15, 0.2) is 0 Å². The van der Waals surface area contributed by atoms with Crippen LogP contribution in [-0.4, -0.2) is 48.4 Å². The minimum Gasteiger partial charge on any atom is -0.323 e. The number of nitrogens with zero attached hydrogens (tertiary/aromatic N) is 2. The molecule has 0 radical (unpaired) electrons. The number of rotatable bonds is 2. The van der Waals surface area contributed by atoms with Gasteiger partial charge in [0.05, 0.1) is 0 Å². The van der Waals surface area contributed by atoms with E-state index in [1.165, 1.54) is 5.56 Å². The quantitative estimate of drug-likeness (QED) is 0.763. The molecule has 0 bridgehead atoms. The summed E-state index contributed by atoms with van der Waals surface area (Å²) in [5.41, 5.74) is 2.25. The Labute approximate surface area is 118 Å². The molecule has 1 aliphatic rings. The summed E-state index contributed by atoms with van der Waals surface area (Å²) >= 11 is 0. The van der Waals surface area contributed by atoms with Crippen LogP contribution in [0.15, 0.2) is 24.3 Å². The first kappa shape index (κ1) is 14.1. The third kappa shape index (κ3) is 3.38. The second-order valence-electron chi connectivity index (χ2n) is 4.87. The van der Waals surface area contributed by atoms with Crippen molar-refractivity contribution in [3.8, 4) is 0 Å². The molecular weight excluding hydrogens is 256 g/mol. The number of aryl methyl sites for hydroxylation is 1. The monoisotopic (exact) mass is 278 g/mol. The fourth-order valence-electron chi connectivity index (χ4n) is 2.16. The first-order chi connectivity index (χ1) is 9.11. The van der Waals surface area contributed by atoms with Crippen LogP contribution in [0.2, 0.25) is 0 Å². The van der Waals surface area contributed by atoms with Crippen molar-refractivity contribution in [1.82, 2.24) is 4.90 Å². The van der Waals surface area contributed by atoms with E-state index in [1.54, 1.807) is 4.90 Å². The summed E-state index contributed by atoms with van der Waals surface area (Å²) in [7, 11) is 2.10.